The zero-order chi connectivity index (χ0) is 24.9. The number of carbonyl (C=O) groups excluding carboxylic acids is 2. The molecule has 35 heavy (non-hydrogen) atoms. The molecule has 1 saturated heterocycles. The molecule has 2 aliphatic heterocycles. The Hall–Kier alpha value is -2.94. The van der Waals surface area contributed by atoms with E-state index in [9.17, 15) is 23.2 Å². The summed E-state index contributed by atoms with van der Waals surface area (Å²) in [4.78, 5) is 41.7. The van der Waals surface area contributed by atoms with Crippen molar-refractivity contribution in [2.45, 2.75) is 64.2 Å². The summed E-state index contributed by atoms with van der Waals surface area (Å²) >= 11 is 5.93. The Kier molecular flexibility index (Phi) is 6.29. The Morgan fingerprint density at radius 3 is 2.80 bits per heavy atom. The third-order valence-corrected chi connectivity index (χ3v) is 7.66. The van der Waals surface area contributed by atoms with Gasteiger partial charge < -0.3 is 19.5 Å². The molecule has 2 amide bonds. The molecule has 1 aliphatic carbocycles. The molecule has 2 aromatic rings. The Morgan fingerprint density at radius 2 is 2.06 bits per heavy atom. The number of halogens is 3. The number of aromatic nitrogens is 1. The van der Waals surface area contributed by atoms with Gasteiger partial charge in [-0.3, -0.25) is 14.4 Å². The lowest BCUT2D eigenvalue weighted by molar-refractivity contribution is 0.0479. The summed E-state index contributed by atoms with van der Waals surface area (Å²) in [5.74, 6) is -2.44. The lowest BCUT2D eigenvalue weighted by atomic mass is 9.95. The standard InChI is InChI=1S/C25H26ClF2N3O4/c1-2-3-6-35-23-21-25(34)31-15-5-4-13(7-15)20(31)12-30(21)11-17(22(23)32)24(33)29-10-16-18(26)8-14(27)9-19(16)28/h8-9,11,13,15,20H,2-7,10,12H2,1H3,(H,29,33)/t13-,15+,20+/m1/s1. The zero-order valence-electron chi connectivity index (χ0n) is 19.3. The average Bonchev–Trinajstić information content (AvgIpc) is 3.42. The van der Waals surface area contributed by atoms with Crippen LogP contribution in [-0.2, 0) is 13.1 Å². The molecule has 0 spiro atoms. The van der Waals surface area contributed by atoms with E-state index in [0.717, 1.165) is 31.7 Å². The number of unbranched alkanes of at least 4 members (excludes halogenated alkanes) is 1. The fourth-order valence-electron chi connectivity index (χ4n) is 5.59. The van der Waals surface area contributed by atoms with Gasteiger partial charge in [-0.05, 0) is 37.7 Å². The second-order valence-corrected chi connectivity index (χ2v) is 9.85. The minimum Gasteiger partial charge on any atom is -0.487 e. The van der Waals surface area contributed by atoms with E-state index >= 15 is 0 Å². The number of hydrogen-bond donors (Lipinski definition) is 1. The summed E-state index contributed by atoms with van der Waals surface area (Å²) in [5, 5.41) is 2.32. The topological polar surface area (TPSA) is 80.6 Å². The van der Waals surface area contributed by atoms with Crippen LogP contribution in [0, 0.1) is 17.6 Å². The number of carbonyl (C=O) groups is 2. The fourth-order valence-corrected chi connectivity index (χ4v) is 5.85. The van der Waals surface area contributed by atoms with Gasteiger partial charge in [0.1, 0.15) is 17.2 Å². The Bertz CT molecular complexity index is 1240. The molecule has 0 radical (unpaired) electrons. The van der Waals surface area contributed by atoms with Gasteiger partial charge in [0.25, 0.3) is 11.8 Å². The number of nitrogens with one attached hydrogen (secondary N) is 1. The van der Waals surface area contributed by atoms with Crippen LogP contribution in [0.4, 0.5) is 8.78 Å². The first-order valence-corrected chi connectivity index (χ1v) is 12.3. The predicted molar refractivity (Wildman–Crippen MR) is 125 cm³/mol. The molecule has 186 valence electrons. The Balaban J connectivity index is 1.48. The molecule has 10 heteroatoms. The highest BCUT2D eigenvalue weighted by Crippen LogP contribution is 2.46. The van der Waals surface area contributed by atoms with Gasteiger partial charge in [0, 0.05) is 37.0 Å². The van der Waals surface area contributed by atoms with Gasteiger partial charge in [-0.25, -0.2) is 8.78 Å². The third-order valence-electron chi connectivity index (χ3n) is 7.32. The number of rotatable bonds is 7. The number of fused-ring (bicyclic) bond motifs is 6. The summed E-state index contributed by atoms with van der Waals surface area (Å²) in [7, 11) is 0. The van der Waals surface area contributed by atoms with Crippen LogP contribution in [0.15, 0.2) is 23.1 Å². The average molecular weight is 506 g/mol. The minimum atomic E-state index is -0.900. The molecule has 1 saturated carbocycles. The van der Waals surface area contributed by atoms with E-state index in [1.807, 2.05) is 11.8 Å². The molecule has 5 rings (SSSR count). The molecular weight excluding hydrogens is 480 g/mol. The Labute approximate surface area is 206 Å². The van der Waals surface area contributed by atoms with Crippen molar-refractivity contribution < 1.29 is 23.1 Å². The van der Waals surface area contributed by atoms with Crippen LogP contribution >= 0.6 is 11.6 Å². The van der Waals surface area contributed by atoms with Crippen molar-refractivity contribution >= 4 is 23.4 Å². The van der Waals surface area contributed by atoms with Gasteiger partial charge in [0.05, 0.1) is 17.7 Å². The number of ether oxygens (including phenoxy) is 1. The first-order valence-electron chi connectivity index (χ1n) is 11.9. The number of benzene rings is 1. The maximum absolute atomic E-state index is 14.1. The smallest absolute Gasteiger partial charge is 0.275 e. The lowest BCUT2D eigenvalue weighted by Gasteiger charge is -2.40. The highest BCUT2D eigenvalue weighted by atomic mass is 35.5. The SMILES string of the molecule is CCCCOc1c2n(cc(C(=O)NCc3c(F)cc(F)cc3Cl)c1=O)C[C@H]1[C@@H]3CC[C@@H](C3)N1C2=O. The van der Waals surface area contributed by atoms with Crippen molar-refractivity contribution in [2.75, 3.05) is 6.61 Å². The van der Waals surface area contributed by atoms with Crippen LogP contribution < -0.4 is 15.5 Å². The fraction of sp³-hybridized carbons (Fsp3) is 0.480. The van der Waals surface area contributed by atoms with Gasteiger partial charge in [-0.15, -0.1) is 0 Å². The van der Waals surface area contributed by atoms with Crippen molar-refractivity contribution in [2.24, 2.45) is 5.92 Å². The molecule has 0 unspecified atom stereocenters. The highest BCUT2D eigenvalue weighted by molar-refractivity contribution is 6.31. The van der Waals surface area contributed by atoms with Crippen LogP contribution in [0.3, 0.4) is 0 Å². The third kappa shape index (κ3) is 4.09. The molecule has 3 aliphatic rings. The molecule has 3 atom stereocenters. The van der Waals surface area contributed by atoms with Crippen molar-refractivity contribution in [1.29, 1.82) is 0 Å². The van der Waals surface area contributed by atoms with E-state index in [-0.39, 0.29) is 58.7 Å². The van der Waals surface area contributed by atoms with Crippen LogP contribution in [-0.4, -0.2) is 40.0 Å². The second-order valence-electron chi connectivity index (χ2n) is 9.44. The number of hydrogen-bond acceptors (Lipinski definition) is 4. The van der Waals surface area contributed by atoms with Gasteiger partial charge in [0.2, 0.25) is 5.43 Å². The van der Waals surface area contributed by atoms with E-state index < -0.39 is 23.0 Å². The van der Waals surface area contributed by atoms with Crippen LogP contribution in [0.1, 0.15) is 65.4 Å². The summed E-state index contributed by atoms with van der Waals surface area (Å²) in [6.07, 6.45) is 5.89. The molecule has 3 heterocycles. The van der Waals surface area contributed by atoms with Crippen molar-refractivity contribution in [1.82, 2.24) is 14.8 Å². The van der Waals surface area contributed by atoms with Crippen molar-refractivity contribution in [3.8, 4) is 5.75 Å². The maximum atomic E-state index is 14.1. The normalized spacial score (nSPS) is 22.2. The molecule has 1 N–H and O–H groups in total. The van der Waals surface area contributed by atoms with E-state index in [1.54, 1.807) is 4.57 Å². The summed E-state index contributed by atoms with van der Waals surface area (Å²) in [5.41, 5.74) is -0.805. The minimum absolute atomic E-state index is 0.0303. The number of piperidine rings is 1. The number of nitrogens with zero attached hydrogens (tertiary/aromatic N) is 2. The summed E-state index contributed by atoms with van der Waals surface area (Å²) in [6, 6.07) is 1.84. The Morgan fingerprint density at radius 1 is 1.26 bits per heavy atom. The van der Waals surface area contributed by atoms with Crippen LogP contribution in [0.25, 0.3) is 0 Å². The predicted octanol–water partition coefficient (Wildman–Crippen LogP) is 3.90. The largest absolute Gasteiger partial charge is 0.487 e. The highest BCUT2D eigenvalue weighted by Gasteiger charge is 2.51. The summed E-state index contributed by atoms with van der Waals surface area (Å²) in [6.45, 7) is 2.36. The van der Waals surface area contributed by atoms with E-state index in [1.165, 1.54) is 6.20 Å². The van der Waals surface area contributed by atoms with E-state index in [4.69, 9.17) is 16.3 Å². The van der Waals surface area contributed by atoms with Crippen molar-refractivity contribution in [3.63, 3.8) is 0 Å². The van der Waals surface area contributed by atoms with E-state index in [0.29, 0.717) is 24.9 Å². The molecule has 1 aromatic carbocycles. The number of amides is 2. The summed E-state index contributed by atoms with van der Waals surface area (Å²) < 4.78 is 34.9. The monoisotopic (exact) mass is 505 g/mol. The number of pyridine rings is 1. The zero-order valence-corrected chi connectivity index (χ0v) is 20.0. The molecule has 2 fully saturated rings. The first-order chi connectivity index (χ1) is 16.8. The second kappa shape index (κ2) is 9.26. The van der Waals surface area contributed by atoms with E-state index in [2.05, 4.69) is 5.32 Å². The maximum Gasteiger partial charge on any atom is 0.275 e. The molecule has 7 nitrogen and oxygen atoms in total. The molecule has 1 aromatic heterocycles. The van der Waals surface area contributed by atoms with Gasteiger partial charge >= 0.3 is 0 Å². The lowest BCUT2D eigenvalue weighted by Crippen LogP contribution is -2.52. The van der Waals surface area contributed by atoms with Crippen LogP contribution in [0.5, 0.6) is 5.75 Å². The first kappa shape index (κ1) is 23.8. The quantitative estimate of drug-likeness (QED) is 0.579. The van der Waals surface area contributed by atoms with Gasteiger partial charge in [-0.2, -0.15) is 0 Å². The van der Waals surface area contributed by atoms with Crippen molar-refractivity contribution in [3.05, 3.63) is 62.0 Å². The van der Waals surface area contributed by atoms with Crippen LogP contribution in [0.2, 0.25) is 5.02 Å². The van der Waals surface area contributed by atoms with Gasteiger partial charge in [-0.1, -0.05) is 24.9 Å². The van der Waals surface area contributed by atoms with Gasteiger partial charge in [0.15, 0.2) is 11.4 Å². The molecule has 2 bridgehead atoms. The molecular formula is C25H26ClF2N3O4.